The van der Waals surface area contributed by atoms with E-state index in [1.54, 1.807) is 24.3 Å². The number of para-hydroxylation sites is 1. The zero-order valence-electron chi connectivity index (χ0n) is 15.3. The van der Waals surface area contributed by atoms with E-state index in [4.69, 9.17) is 0 Å². The molecule has 2 rings (SSSR count). The lowest BCUT2D eigenvalue weighted by atomic mass is 10.1. The first-order valence-corrected chi connectivity index (χ1v) is 8.61. The largest absolute Gasteiger partial charge is 0.348 e. The number of carbonyl (C=O) groups excluding carboxylic acids is 2. The number of hydrogen-bond acceptors (Lipinski definition) is 2. The van der Waals surface area contributed by atoms with Gasteiger partial charge in [-0.15, -0.1) is 0 Å². The van der Waals surface area contributed by atoms with Gasteiger partial charge in [0.15, 0.2) is 0 Å². The van der Waals surface area contributed by atoms with Crippen LogP contribution in [0.3, 0.4) is 0 Å². The van der Waals surface area contributed by atoms with Gasteiger partial charge in [0, 0.05) is 24.3 Å². The van der Waals surface area contributed by atoms with E-state index in [1.807, 2.05) is 56.0 Å². The number of anilines is 1. The molecule has 0 atom stereocenters. The summed E-state index contributed by atoms with van der Waals surface area (Å²) in [5.74, 6) is -0.0721. The van der Waals surface area contributed by atoms with E-state index in [-0.39, 0.29) is 11.9 Å². The Morgan fingerprint density at radius 2 is 1.58 bits per heavy atom. The topological polar surface area (TPSA) is 73.8 Å². The van der Waals surface area contributed by atoms with E-state index >= 15 is 0 Å². The third kappa shape index (κ3) is 5.44. The van der Waals surface area contributed by atoms with Gasteiger partial charge in [-0.3, -0.25) is 10.1 Å². The lowest BCUT2D eigenvalue weighted by molar-refractivity contribution is 0.0972. The molecule has 136 valence electrons. The zero-order valence-corrected chi connectivity index (χ0v) is 15.3. The van der Waals surface area contributed by atoms with E-state index < -0.39 is 6.03 Å². The highest BCUT2D eigenvalue weighted by molar-refractivity contribution is 6.09. The van der Waals surface area contributed by atoms with Crippen molar-refractivity contribution in [2.75, 3.05) is 18.4 Å². The second-order valence-electron chi connectivity index (χ2n) is 5.72. The molecule has 0 saturated carbocycles. The Morgan fingerprint density at radius 3 is 2.15 bits per heavy atom. The average Bonchev–Trinajstić information content (AvgIpc) is 2.64. The summed E-state index contributed by atoms with van der Waals surface area (Å²) in [5, 5.41) is 5.44. The van der Waals surface area contributed by atoms with E-state index in [0.717, 1.165) is 5.56 Å². The summed E-state index contributed by atoms with van der Waals surface area (Å²) in [5.41, 5.74) is 2.23. The first-order chi connectivity index (χ1) is 12.5. The monoisotopic (exact) mass is 352 g/mol. The van der Waals surface area contributed by atoms with E-state index in [2.05, 4.69) is 15.6 Å². The number of aryl methyl sites for hydroxylation is 1. The Morgan fingerprint density at radius 1 is 0.962 bits per heavy atom. The zero-order chi connectivity index (χ0) is 18.9. The molecular formula is C20H24N4O2. The van der Waals surface area contributed by atoms with Gasteiger partial charge in [-0.25, -0.2) is 4.79 Å². The van der Waals surface area contributed by atoms with Crippen LogP contribution in [0.2, 0.25) is 0 Å². The summed E-state index contributed by atoms with van der Waals surface area (Å²) in [6.07, 6.45) is 0. The summed E-state index contributed by atoms with van der Waals surface area (Å²) in [4.78, 5) is 30.6. The quantitative estimate of drug-likeness (QED) is 0.651. The number of hydrogen-bond donors (Lipinski definition) is 2. The first kappa shape index (κ1) is 19.2. The number of nitrogens with zero attached hydrogens (tertiary/aromatic N) is 2. The number of amides is 3. The Hall–Kier alpha value is -3.15. The molecule has 2 N–H and O–H groups in total. The van der Waals surface area contributed by atoms with Gasteiger partial charge in [0.25, 0.3) is 5.91 Å². The van der Waals surface area contributed by atoms with Crippen LogP contribution in [0.5, 0.6) is 0 Å². The van der Waals surface area contributed by atoms with Crippen LogP contribution in [0.1, 0.15) is 29.8 Å². The van der Waals surface area contributed by atoms with Gasteiger partial charge < -0.3 is 10.2 Å². The molecule has 0 aromatic heterocycles. The van der Waals surface area contributed by atoms with Gasteiger partial charge in [-0.05, 0) is 45.0 Å². The van der Waals surface area contributed by atoms with Gasteiger partial charge in [-0.2, -0.15) is 4.99 Å². The minimum absolute atomic E-state index is 0.231. The number of aliphatic imine (C=N–C) groups is 1. The van der Waals surface area contributed by atoms with Crippen molar-refractivity contribution in [2.24, 2.45) is 4.99 Å². The number of urea groups is 1. The van der Waals surface area contributed by atoms with E-state index in [0.29, 0.717) is 24.3 Å². The second-order valence-corrected chi connectivity index (χ2v) is 5.72. The van der Waals surface area contributed by atoms with Crippen LogP contribution in [-0.4, -0.2) is 35.9 Å². The molecule has 3 amide bonds. The Kier molecular flexibility index (Phi) is 6.91. The number of nitrogens with one attached hydrogen (secondary N) is 2. The molecule has 26 heavy (non-hydrogen) atoms. The first-order valence-electron chi connectivity index (χ1n) is 8.61. The molecule has 2 aromatic rings. The Bertz CT molecular complexity index is 766. The van der Waals surface area contributed by atoms with Crippen LogP contribution >= 0.6 is 0 Å². The molecule has 0 aliphatic heterocycles. The van der Waals surface area contributed by atoms with Crippen molar-refractivity contribution in [2.45, 2.75) is 20.8 Å². The molecule has 2 aromatic carbocycles. The van der Waals surface area contributed by atoms with Crippen molar-refractivity contribution in [3.63, 3.8) is 0 Å². The van der Waals surface area contributed by atoms with Crippen LogP contribution in [0.4, 0.5) is 10.5 Å². The average molecular weight is 352 g/mol. The van der Waals surface area contributed by atoms with Gasteiger partial charge in [0.1, 0.15) is 0 Å². The predicted molar refractivity (Wildman–Crippen MR) is 104 cm³/mol. The Balaban J connectivity index is 2.18. The predicted octanol–water partition coefficient (Wildman–Crippen LogP) is 3.65. The number of benzene rings is 2. The number of rotatable bonds is 4. The molecule has 0 aliphatic rings. The summed E-state index contributed by atoms with van der Waals surface area (Å²) >= 11 is 0. The third-order valence-corrected chi connectivity index (χ3v) is 3.83. The molecule has 0 unspecified atom stereocenters. The molecule has 0 heterocycles. The highest BCUT2D eigenvalue weighted by atomic mass is 16.2. The van der Waals surface area contributed by atoms with Crippen LogP contribution in [0, 0.1) is 6.92 Å². The van der Waals surface area contributed by atoms with Crippen molar-refractivity contribution in [3.05, 3.63) is 65.7 Å². The fourth-order valence-electron chi connectivity index (χ4n) is 2.35. The maximum absolute atomic E-state index is 12.5. The number of carbonyl (C=O) groups is 2. The molecule has 0 fully saturated rings. The van der Waals surface area contributed by atoms with Gasteiger partial charge in [-0.1, -0.05) is 35.9 Å². The van der Waals surface area contributed by atoms with Crippen molar-refractivity contribution >= 4 is 23.6 Å². The molecule has 0 bridgehead atoms. The van der Waals surface area contributed by atoms with Gasteiger partial charge >= 0.3 is 6.03 Å². The molecule has 6 heteroatoms. The number of guanidine groups is 1. The maximum Gasteiger partial charge on any atom is 0.348 e. The smallest absolute Gasteiger partial charge is 0.343 e. The normalized spacial score (nSPS) is 11.0. The molecule has 0 aliphatic carbocycles. The highest BCUT2D eigenvalue weighted by Gasteiger charge is 2.15. The van der Waals surface area contributed by atoms with Crippen LogP contribution in [0.25, 0.3) is 0 Å². The minimum atomic E-state index is -0.540. The lowest BCUT2D eigenvalue weighted by Crippen LogP contribution is -2.44. The van der Waals surface area contributed by atoms with Gasteiger partial charge in [0.05, 0.1) is 0 Å². The van der Waals surface area contributed by atoms with E-state index in [1.165, 1.54) is 0 Å². The minimum Gasteiger partial charge on any atom is -0.343 e. The lowest BCUT2D eigenvalue weighted by Gasteiger charge is -2.23. The van der Waals surface area contributed by atoms with Crippen LogP contribution < -0.4 is 10.6 Å². The van der Waals surface area contributed by atoms with E-state index in [9.17, 15) is 9.59 Å². The standard InChI is InChI=1S/C20H24N4O2/c1-4-24(5-2)19(22-18(25)16-13-11-15(3)12-14-16)23-20(26)21-17-9-7-6-8-10-17/h6-14H,4-5H2,1-3H3,(H2,21,22,23,25,26). The molecule has 0 radical (unpaired) electrons. The molecular weight excluding hydrogens is 328 g/mol. The van der Waals surface area contributed by atoms with Crippen molar-refractivity contribution in [1.82, 2.24) is 10.2 Å². The van der Waals surface area contributed by atoms with Crippen LogP contribution in [0.15, 0.2) is 59.6 Å². The Labute approximate surface area is 153 Å². The molecule has 0 saturated heterocycles. The van der Waals surface area contributed by atoms with Crippen molar-refractivity contribution < 1.29 is 9.59 Å². The summed E-state index contributed by atoms with van der Waals surface area (Å²) in [6, 6.07) is 15.7. The molecule has 0 spiro atoms. The third-order valence-electron chi connectivity index (χ3n) is 3.83. The maximum atomic E-state index is 12.5. The highest BCUT2D eigenvalue weighted by Crippen LogP contribution is 2.06. The SMILES string of the molecule is CCN(CC)C(=NC(=O)Nc1ccccc1)NC(=O)c1ccc(C)cc1. The van der Waals surface area contributed by atoms with Crippen molar-refractivity contribution in [3.8, 4) is 0 Å². The van der Waals surface area contributed by atoms with Crippen LogP contribution in [-0.2, 0) is 0 Å². The van der Waals surface area contributed by atoms with Crippen molar-refractivity contribution in [1.29, 1.82) is 0 Å². The van der Waals surface area contributed by atoms with Gasteiger partial charge in [0.2, 0.25) is 5.96 Å². The summed E-state index contributed by atoms with van der Waals surface area (Å²) in [7, 11) is 0. The summed E-state index contributed by atoms with van der Waals surface area (Å²) in [6.45, 7) is 7.06. The molecule has 6 nitrogen and oxygen atoms in total. The fraction of sp³-hybridized carbons (Fsp3) is 0.250. The summed E-state index contributed by atoms with van der Waals surface area (Å²) < 4.78 is 0. The second kappa shape index (κ2) is 9.36. The fourth-order valence-corrected chi connectivity index (χ4v) is 2.35.